The molecule has 2 heterocycles. The molecule has 2 aromatic heterocycles. The zero-order chi connectivity index (χ0) is 19.6. The van der Waals surface area contributed by atoms with Crippen molar-refractivity contribution in [3.8, 4) is 0 Å². The first-order valence-corrected chi connectivity index (χ1v) is 9.58. The van der Waals surface area contributed by atoms with Crippen molar-refractivity contribution < 1.29 is 24.2 Å². The summed E-state index contributed by atoms with van der Waals surface area (Å²) in [5.41, 5.74) is 1.63. The molecule has 0 spiro atoms. The number of carbonyl (C=O) groups excluding carboxylic acids is 2. The number of anilines is 1. The van der Waals surface area contributed by atoms with Crippen LogP contribution in [0, 0.1) is 0 Å². The Morgan fingerprint density at radius 3 is 2.78 bits per heavy atom. The van der Waals surface area contributed by atoms with Crippen molar-refractivity contribution in [2.24, 2.45) is 0 Å². The van der Waals surface area contributed by atoms with Crippen LogP contribution in [0.2, 0.25) is 0 Å². The first-order valence-electron chi connectivity index (χ1n) is 8.76. The maximum atomic E-state index is 12.6. The number of nitrogens with one attached hydrogen (secondary N) is 1. The first kappa shape index (κ1) is 19.1. The van der Waals surface area contributed by atoms with E-state index in [0.717, 1.165) is 36.1 Å². The number of aromatic nitrogens is 2. The molecule has 9 heteroatoms. The molecule has 0 saturated heterocycles. The highest BCUT2D eigenvalue weighted by molar-refractivity contribution is 7.17. The van der Waals surface area contributed by atoms with Gasteiger partial charge in [-0.3, -0.25) is 14.3 Å². The van der Waals surface area contributed by atoms with Crippen LogP contribution in [0.25, 0.3) is 0 Å². The Morgan fingerprint density at radius 2 is 2.07 bits per heavy atom. The summed E-state index contributed by atoms with van der Waals surface area (Å²) in [6, 6.07) is 0. The second-order valence-corrected chi connectivity index (χ2v) is 7.75. The quantitative estimate of drug-likeness (QED) is 0.733. The molecular formula is C18H21N3O5S. The van der Waals surface area contributed by atoms with E-state index >= 15 is 0 Å². The maximum absolute atomic E-state index is 12.6. The van der Waals surface area contributed by atoms with Crippen molar-refractivity contribution >= 4 is 34.2 Å². The Labute approximate surface area is 160 Å². The monoisotopic (exact) mass is 391 g/mol. The van der Waals surface area contributed by atoms with Gasteiger partial charge in [-0.2, -0.15) is 5.10 Å². The third-order valence-corrected chi connectivity index (χ3v) is 5.35. The Balaban J connectivity index is 1.86. The van der Waals surface area contributed by atoms with Gasteiger partial charge in [0.05, 0.1) is 23.4 Å². The van der Waals surface area contributed by atoms with Gasteiger partial charge in [0.2, 0.25) is 0 Å². The Morgan fingerprint density at radius 1 is 1.33 bits per heavy atom. The van der Waals surface area contributed by atoms with Gasteiger partial charge in [-0.05, 0) is 45.1 Å². The van der Waals surface area contributed by atoms with E-state index in [-0.39, 0.29) is 18.2 Å². The molecule has 1 aliphatic rings. The van der Waals surface area contributed by atoms with Gasteiger partial charge < -0.3 is 15.2 Å². The predicted molar refractivity (Wildman–Crippen MR) is 99.3 cm³/mol. The molecular weight excluding hydrogens is 370 g/mol. The second kappa shape index (κ2) is 7.91. The van der Waals surface area contributed by atoms with Crippen LogP contribution in [-0.2, 0) is 28.9 Å². The van der Waals surface area contributed by atoms with Crippen LogP contribution < -0.4 is 5.32 Å². The Bertz CT molecular complexity index is 884. The molecule has 2 aromatic rings. The van der Waals surface area contributed by atoms with Crippen molar-refractivity contribution in [3.63, 3.8) is 0 Å². The fourth-order valence-electron chi connectivity index (χ4n) is 3.02. The van der Waals surface area contributed by atoms with Gasteiger partial charge in [0.15, 0.2) is 0 Å². The number of fused-ring (bicyclic) bond motifs is 1. The summed E-state index contributed by atoms with van der Waals surface area (Å²) in [6.45, 7) is 3.24. The van der Waals surface area contributed by atoms with Crippen molar-refractivity contribution in [2.75, 3.05) is 5.32 Å². The predicted octanol–water partition coefficient (Wildman–Crippen LogP) is 2.73. The number of aryl methyl sites for hydroxylation is 1. The molecule has 0 atom stereocenters. The molecule has 0 fully saturated rings. The lowest BCUT2D eigenvalue weighted by atomic mass is 9.95. The molecule has 2 N–H and O–H groups in total. The number of carboxylic acid groups (broad SMARTS) is 1. The summed E-state index contributed by atoms with van der Waals surface area (Å²) in [6.07, 6.45) is 6.15. The topological polar surface area (TPSA) is 111 Å². The molecule has 1 aliphatic carbocycles. The number of aliphatic carboxylic acids is 1. The van der Waals surface area contributed by atoms with Gasteiger partial charge in [0.25, 0.3) is 5.91 Å². The van der Waals surface area contributed by atoms with E-state index in [9.17, 15) is 14.4 Å². The zero-order valence-electron chi connectivity index (χ0n) is 15.2. The minimum absolute atomic E-state index is 0.228. The summed E-state index contributed by atoms with van der Waals surface area (Å²) in [5.74, 6) is -1.92. The largest absolute Gasteiger partial charge is 0.480 e. The smallest absolute Gasteiger partial charge is 0.341 e. The standard InChI is InChI=1S/C18H21N3O5S/c1-10(2)26-18(25)15-12-5-3-4-6-13(12)27-17(15)20-16(24)11-7-19-21(8-11)9-14(22)23/h7-8,10H,3-6,9H2,1-2H3,(H,20,24)(H,22,23). The normalized spacial score (nSPS) is 13.3. The van der Waals surface area contributed by atoms with E-state index in [0.29, 0.717) is 10.6 Å². The molecule has 27 heavy (non-hydrogen) atoms. The highest BCUT2D eigenvalue weighted by atomic mass is 32.1. The SMILES string of the molecule is CC(C)OC(=O)c1c(NC(=O)c2cnn(CC(=O)O)c2)sc2c1CCCC2. The van der Waals surface area contributed by atoms with E-state index in [2.05, 4.69) is 10.4 Å². The molecule has 0 aliphatic heterocycles. The maximum Gasteiger partial charge on any atom is 0.341 e. The van der Waals surface area contributed by atoms with E-state index < -0.39 is 17.8 Å². The average Bonchev–Trinajstić information content (AvgIpc) is 3.17. The lowest BCUT2D eigenvalue weighted by molar-refractivity contribution is -0.137. The summed E-state index contributed by atoms with van der Waals surface area (Å²) in [5, 5.41) is 15.9. The lowest BCUT2D eigenvalue weighted by Gasteiger charge is -2.14. The fraction of sp³-hybridized carbons (Fsp3) is 0.444. The number of hydrogen-bond acceptors (Lipinski definition) is 6. The van der Waals surface area contributed by atoms with Gasteiger partial charge in [0.1, 0.15) is 11.5 Å². The number of carbonyl (C=O) groups is 3. The molecule has 8 nitrogen and oxygen atoms in total. The van der Waals surface area contributed by atoms with Crippen LogP contribution in [0.5, 0.6) is 0 Å². The number of hydrogen-bond donors (Lipinski definition) is 2. The van der Waals surface area contributed by atoms with Crippen LogP contribution in [0.1, 0.15) is 57.8 Å². The number of ether oxygens (including phenoxy) is 1. The summed E-state index contributed by atoms with van der Waals surface area (Å²) < 4.78 is 6.54. The number of thiophene rings is 1. The van der Waals surface area contributed by atoms with Crippen LogP contribution in [0.15, 0.2) is 12.4 Å². The summed E-state index contributed by atoms with van der Waals surface area (Å²) in [7, 11) is 0. The van der Waals surface area contributed by atoms with E-state index in [1.807, 2.05) is 0 Å². The van der Waals surface area contributed by atoms with Gasteiger partial charge >= 0.3 is 11.9 Å². The second-order valence-electron chi connectivity index (χ2n) is 6.64. The lowest BCUT2D eigenvalue weighted by Crippen LogP contribution is -2.17. The van der Waals surface area contributed by atoms with Crippen LogP contribution in [-0.4, -0.2) is 38.8 Å². The summed E-state index contributed by atoms with van der Waals surface area (Å²) in [4.78, 5) is 37.0. The average molecular weight is 391 g/mol. The fourth-order valence-corrected chi connectivity index (χ4v) is 4.30. The number of esters is 1. The molecule has 0 radical (unpaired) electrons. The van der Waals surface area contributed by atoms with Crippen LogP contribution in [0.3, 0.4) is 0 Å². The van der Waals surface area contributed by atoms with Crippen molar-refractivity contribution in [2.45, 2.75) is 52.2 Å². The molecule has 1 amide bonds. The van der Waals surface area contributed by atoms with E-state index in [1.165, 1.54) is 28.4 Å². The molecule has 144 valence electrons. The molecule has 0 aromatic carbocycles. The zero-order valence-corrected chi connectivity index (χ0v) is 16.0. The number of amides is 1. The van der Waals surface area contributed by atoms with Crippen molar-refractivity contribution in [3.05, 3.63) is 34.0 Å². The van der Waals surface area contributed by atoms with Crippen molar-refractivity contribution in [1.82, 2.24) is 9.78 Å². The van der Waals surface area contributed by atoms with Crippen LogP contribution in [0.4, 0.5) is 5.00 Å². The van der Waals surface area contributed by atoms with Crippen LogP contribution >= 0.6 is 11.3 Å². The number of rotatable bonds is 6. The summed E-state index contributed by atoms with van der Waals surface area (Å²) >= 11 is 1.40. The third kappa shape index (κ3) is 4.36. The minimum Gasteiger partial charge on any atom is -0.480 e. The third-order valence-electron chi connectivity index (χ3n) is 4.14. The van der Waals surface area contributed by atoms with Gasteiger partial charge in [0, 0.05) is 11.1 Å². The highest BCUT2D eigenvalue weighted by Gasteiger charge is 2.28. The number of nitrogens with zero attached hydrogens (tertiary/aromatic N) is 2. The van der Waals surface area contributed by atoms with Gasteiger partial charge in [-0.25, -0.2) is 4.79 Å². The molecule has 0 bridgehead atoms. The molecule has 3 rings (SSSR count). The highest BCUT2D eigenvalue weighted by Crippen LogP contribution is 2.39. The number of carboxylic acids is 1. The van der Waals surface area contributed by atoms with Crippen molar-refractivity contribution in [1.29, 1.82) is 0 Å². The molecule has 0 unspecified atom stereocenters. The van der Waals surface area contributed by atoms with Gasteiger partial charge in [-0.15, -0.1) is 11.3 Å². The van der Waals surface area contributed by atoms with E-state index in [1.54, 1.807) is 13.8 Å². The molecule has 0 saturated carbocycles. The first-order chi connectivity index (χ1) is 12.8. The minimum atomic E-state index is -1.05. The van der Waals surface area contributed by atoms with Gasteiger partial charge in [-0.1, -0.05) is 0 Å². The Hall–Kier alpha value is -2.68. The van der Waals surface area contributed by atoms with E-state index in [4.69, 9.17) is 9.84 Å². The Kier molecular flexibility index (Phi) is 5.59.